The summed E-state index contributed by atoms with van der Waals surface area (Å²) in [6.45, 7) is 2.73. The zero-order chi connectivity index (χ0) is 15.4. The van der Waals surface area contributed by atoms with Crippen LogP contribution in [0.1, 0.15) is 21.5 Å². The van der Waals surface area contributed by atoms with Crippen LogP contribution in [0.2, 0.25) is 5.02 Å². The molecule has 0 atom stereocenters. The van der Waals surface area contributed by atoms with Crippen molar-refractivity contribution in [2.45, 2.75) is 13.5 Å². The molecule has 4 heteroatoms. The van der Waals surface area contributed by atoms with Gasteiger partial charge in [0.1, 0.15) is 0 Å². The number of carbonyl (C=O) groups is 1. The highest BCUT2D eigenvalue weighted by Crippen LogP contribution is 2.24. The van der Waals surface area contributed by atoms with Crippen LogP contribution in [0.4, 0.5) is 5.69 Å². The van der Waals surface area contributed by atoms with Gasteiger partial charge in [-0.15, -0.1) is 0 Å². The zero-order valence-corrected chi connectivity index (χ0v) is 13.2. The average molecular weight is 303 g/mol. The van der Waals surface area contributed by atoms with E-state index in [1.54, 1.807) is 37.2 Å². The van der Waals surface area contributed by atoms with Gasteiger partial charge in [0.05, 0.1) is 10.7 Å². The Labute approximate surface area is 130 Å². The van der Waals surface area contributed by atoms with E-state index in [1.807, 2.05) is 0 Å². The van der Waals surface area contributed by atoms with Crippen molar-refractivity contribution in [3.05, 3.63) is 64.2 Å². The Morgan fingerprint density at radius 3 is 2.43 bits per heavy atom. The Morgan fingerprint density at radius 2 is 1.81 bits per heavy atom. The molecule has 21 heavy (non-hydrogen) atoms. The predicted molar refractivity (Wildman–Crippen MR) is 88.0 cm³/mol. The number of aryl methyl sites for hydroxylation is 1. The summed E-state index contributed by atoms with van der Waals surface area (Å²) in [5, 5.41) is 3.89. The van der Waals surface area contributed by atoms with Crippen molar-refractivity contribution < 1.29 is 4.79 Å². The summed E-state index contributed by atoms with van der Waals surface area (Å²) < 4.78 is 0. The first-order valence-electron chi connectivity index (χ1n) is 6.78. The molecule has 0 aromatic heterocycles. The van der Waals surface area contributed by atoms with Gasteiger partial charge in [0.15, 0.2) is 0 Å². The van der Waals surface area contributed by atoms with Crippen LogP contribution in [0.15, 0.2) is 42.5 Å². The Hall–Kier alpha value is -2.00. The van der Waals surface area contributed by atoms with Gasteiger partial charge in [0.2, 0.25) is 0 Å². The van der Waals surface area contributed by atoms with E-state index in [0.717, 1.165) is 5.69 Å². The topological polar surface area (TPSA) is 32.3 Å². The molecule has 0 saturated heterocycles. The Morgan fingerprint density at radius 1 is 1.14 bits per heavy atom. The molecule has 1 amide bonds. The lowest BCUT2D eigenvalue weighted by atomic mass is 10.1. The maximum atomic E-state index is 12.0. The summed E-state index contributed by atoms with van der Waals surface area (Å²) in [4.78, 5) is 13.5. The Bertz CT molecular complexity index is 636. The minimum absolute atomic E-state index is 0.0370. The second kappa shape index (κ2) is 6.64. The fourth-order valence-electron chi connectivity index (χ4n) is 1.96. The van der Waals surface area contributed by atoms with Crippen molar-refractivity contribution in [2.24, 2.45) is 0 Å². The summed E-state index contributed by atoms with van der Waals surface area (Å²) >= 11 is 6.18. The largest absolute Gasteiger partial charge is 0.380 e. The third-order valence-electron chi connectivity index (χ3n) is 3.22. The molecule has 0 fully saturated rings. The highest BCUT2D eigenvalue weighted by atomic mass is 35.5. The summed E-state index contributed by atoms with van der Waals surface area (Å²) in [5.41, 5.74) is 3.79. The summed E-state index contributed by atoms with van der Waals surface area (Å²) in [6, 6.07) is 13.6. The predicted octanol–water partition coefficient (Wildman–Crippen LogP) is 3.96. The third-order valence-corrected chi connectivity index (χ3v) is 3.55. The number of carbonyl (C=O) groups excluding carboxylic acids is 1. The Kier molecular flexibility index (Phi) is 4.86. The van der Waals surface area contributed by atoms with Gasteiger partial charge in [0, 0.05) is 26.2 Å². The molecule has 110 valence electrons. The van der Waals surface area contributed by atoms with Crippen LogP contribution in [0, 0.1) is 6.92 Å². The molecule has 2 rings (SSSR count). The molecule has 0 unspecified atom stereocenters. The summed E-state index contributed by atoms with van der Waals surface area (Å²) in [5.74, 6) is -0.0370. The van der Waals surface area contributed by atoms with Gasteiger partial charge >= 0.3 is 0 Å². The lowest BCUT2D eigenvalue weighted by Gasteiger charge is -2.13. The number of anilines is 1. The van der Waals surface area contributed by atoms with Gasteiger partial charge in [-0.05, 0) is 30.7 Å². The van der Waals surface area contributed by atoms with Crippen LogP contribution in [0.5, 0.6) is 0 Å². The van der Waals surface area contributed by atoms with Crippen molar-refractivity contribution in [2.75, 3.05) is 19.4 Å². The highest BCUT2D eigenvalue weighted by molar-refractivity contribution is 6.33. The molecule has 0 spiro atoms. The lowest BCUT2D eigenvalue weighted by Crippen LogP contribution is -2.21. The smallest absolute Gasteiger partial charge is 0.253 e. The van der Waals surface area contributed by atoms with Gasteiger partial charge < -0.3 is 10.2 Å². The monoisotopic (exact) mass is 302 g/mol. The molecule has 0 saturated carbocycles. The number of nitrogens with one attached hydrogen (secondary N) is 1. The van der Waals surface area contributed by atoms with Crippen LogP contribution >= 0.6 is 11.6 Å². The van der Waals surface area contributed by atoms with E-state index in [4.69, 9.17) is 11.6 Å². The minimum atomic E-state index is -0.0370. The van der Waals surface area contributed by atoms with Gasteiger partial charge in [-0.3, -0.25) is 4.79 Å². The number of halogens is 1. The molecular formula is C17H19ClN2O. The van der Waals surface area contributed by atoms with E-state index < -0.39 is 0 Å². The zero-order valence-electron chi connectivity index (χ0n) is 12.5. The molecule has 1 N–H and O–H groups in total. The fourth-order valence-corrected chi connectivity index (χ4v) is 2.14. The SMILES string of the molecule is Cc1ccc(CNc2cc(C(=O)N(C)C)ccc2Cl)cc1. The molecule has 2 aromatic rings. The van der Waals surface area contributed by atoms with E-state index in [1.165, 1.54) is 11.1 Å². The molecule has 0 aliphatic heterocycles. The van der Waals surface area contributed by atoms with E-state index >= 15 is 0 Å². The quantitative estimate of drug-likeness (QED) is 0.927. The summed E-state index contributed by atoms with van der Waals surface area (Å²) in [6.07, 6.45) is 0. The number of hydrogen-bond acceptors (Lipinski definition) is 2. The van der Waals surface area contributed by atoms with E-state index in [9.17, 15) is 4.79 Å². The molecule has 2 aromatic carbocycles. The second-order valence-corrected chi connectivity index (χ2v) is 5.64. The second-order valence-electron chi connectivity index (χ2n) is 5.23. The van der Waals surface area contributed by atoms with E-state index in [0.29, 0.717) is 17.1 Å². The number of hydrogen-bond donors (Lipinski definition) is 1. The van der Waals surface area contributed by atoms with E-state index in [-0.39, 0.29) is 5.91 Å². The number of rotatable bonds is 4. The van der Waals surface area contributed by atoms with Gasteiger partial charge in [0.25, 0.3) is 5.91 Å². The normalized spacial score (nSPS) is 10.3. The first-order chi connectivity index (χ1) is 9.97. The van der Waals surface area contributed by atoms with Crippen molar-refractivity contribution in [1.82, 2.24) is 4.90 Å². The van der Waals surface area contributed by atoms with Gasteiger partial charge in [-0.2, -0.15) is 0 Å². The highest BCUT2D eigenvalue weighted by Gasteiger charge is 2.10. The van der Waals surface area contributed by atoms with Crippen LogP contribution in [-0.4, -0.2) is 24.9 Å². The Balaban J connectivity index is 2.14. The number of nitrogens with zero attached hydrogens (tertiary/aromatic N) is 1. The molecule has 0 aliphatic carbocycles. The standard InChI is InChI=1S/C17H19ClN2O/c1-12-4-6-13(7-5-12)11-19-16-10-14(8-9-15(16)18)17(21)20(2)3/h4-10,19H,11H2,1-3H3. The molecule has 3 nitrogen and oxygen atoms in total. The molecule has 0 bridgehead atoms. The van der Waals surface area contributed by atoms with Crippen LogP contribution in [-0.2, 0) is 6.54 Å². The number of amides is 1. The fraction of sp³-hybridized carbons (Fsp3) is 0.235. The average Bonchev–Trinajstić information content (AvgIpc) is 2.47. The molecule has 0 heterocycles. The van der Waals surface area contributed by atoms with Gasteiger partial charge in [-0.1, -0.05) is 41.4 Å². The maximum Gasteiger partial charge on any atom is 0.253 e. The maximum absolute atomic E-state index is 12.0. The summed E-state index contributed by atoms with van der Waals surface area (Å²) in [7, 11) is 3.46. The third kappa shape index (κ3) is 3.99. The first kappa shape index (κ1) is 15.4. The van der Waals surface area contributed by atoms with Crippen molar-refractivity contribution in [1.29, 1.82) is 0 Å². The van der Waals surface area contributed by atoms with Crippen LogP contribution in [0.25, 0.3) is 0 Å². The van der Waals surface area contributed by atoms with Crippen LogP contribution < -0.4 is 5.32 Å². The van der Waals surface area contributed by atoms with Crippen molar-refractivity contribution >= 4 is 23.2 Å². The number of benzene rings is 2. The first-order valence-corrected chi connectivity index (χ1v) is 7.16. The van der Waals surface area contributed by atoms with Crippen LogP contribution in [0.3, 0.4) is 0 Å². The van der Waals surface area contributed by atoms with Gasteiger partial charge in [-0.25, -0.2) is 0 Å². The molecule has 0 aliphatic rings. The molecular weight excluding hydrogens is 284 g/mol. The molecule has 0 radical (unpaired) electrons. The van der Waals surface area contributed by atoms with Crippen molar-refractivity contribution in [3.8, 4) is 0 Å². The van der Waals surface area contributed by atoms with Crippen molar-refractivity contribution in [3.63, 3.8) is 0 Å². The van der Waals surface area contributed by atoms with E-state index in [2.05, 4.69) is 36.5 Å². The lowest BCUT2D eigenvalue weighted by molar-refractivity contribution is 0.0827. The minimum Gasteiger partial charge on any atom is -0.380 e.